The second-order valence-electron chi connectivity index (χ2n) is 4.64. The number of para-hydroxylation sites is 1. The molecule has 1 heterocycles. The molecule has 2 N–H and O–H groups in total. The molecule has 4 heteroatoms. The molecule has 1 aromatic heterocycles. The summed E-state index contributed by atoms with van der Waals surface area (Å²) >= 11 is 0. The molecule has 1 atom stereocenters. The Balaban J connectivity index is 1.96. The first-order valence-corrected chi connectivity index (χ1v) is 6.68. The van der Waals surface area contributed by atoms with Gasteiger partial charge in [-0.3, -0.25) is 4.79 Å². The van der Waals surface area contributed by atoms with E-state index in [-0.39, 0.29) is 12.0 Å². The van der Waals surface area contributed by atoms with Crippen molar-refractivity contribution < 1.29 is 9.53 Å². The number of hydrogen-bond donors (Lipinski definition) is 2. The van der Waals surface area contributed by atoms with Crippen molar-refractivity contribution in [3.63, 3.8) is 0 Å². The van der Waals surface area contributed by atoms with Gasteiger partial charge in [-0.15, -0.1) is 0 Å². The van der Waals surface area contributed by atoms with Crippen molar-refractivity contribution in [3.05, 3.63) is 36.0 Å². The fourth-order valence-electron chi connectivity index (χ4n) is 1.97. The van der Waals surface area contributed by atoms with Gasteiger partial charge in [-0.1, -0.05) is 25.1 Å². The first-order valence-electron chi connectivity index (χ1n) is 6.68. The van der Waals surface area contributed by atoms with Crippen LogP contribution in [0, 0.1) is 0 Å². The predicted octanol–water partition coefficient (Wildman–Crippen LogP) is 2.71. The monoisotopic (exact) mass is 260 g/mol. The van der Waals surface area contributed by atoms with Crippen LogP contribution in [-0.4, -0.2) is 30.1 Å². The van der Waals surface area contributed by atoms with Crippen LogP contribution >= 0.6 is 0 Å². The summed E-state index contributed by atoms with van der Waals surface area (Å²) in [5.74, 6) is -0.0654. The van der Waals surface area contributed by atoms with Crippen molar-refractivity contribution in [1.82, 2.24) is 10.3 Å². The maximum Gasteiger partial charge on any atom is 0.253 e. The number of aromatic nitrogens is 1. The molecule has 4 nitrogen and oxygen atoms in total. The molecule has 19 heavy (non-hydrogen) atoms. The second-order valence-corrected chi connectivity index (χ2v) is 4.64. The molecule has 0 aliphatic heterocycles. The number of amides is 1. The van der Waals surface area contributed by atoms with Crippen molar-refractivity contribution in [2.24, 2.45) is 0 Å². The van der Waals surface area contributed by atoms with E-state index in [0.29, 0.717) is 12.1 Å². The Labute approximate surface area is 113 Å². The standard InChI is InChI=1S/C15H20N2O2/c1-3-8-19-11(2)9-17-15(18)13-10-16-14-7-5-4-6-12(13)14/h4-7,10-11,16H,3,8-9H2,1-2H3,(H,17,18)/t11-/m0/s1. The molecule has 0 aliphatic rings. The molecule has 2 rings (SSSR count). The molecular formula is C15H20N2O2. The molecule has 0 aliphatic carbocycles. The minimum Gasteiger partial charge on any atom is -0.377 e. The molecule has 0 bridgehead atoms. The summed E-state index contributed by atoms with van der Waals surface area (Å²) < 4.78 is 5.52. The third-order valence-corrected chi connectivity index (χ3v) is 2.99. The van der Waals surface area contributed by atoms with Crippen molar-refractivity contribution >= 4 is 16.8 Å². The Hall–Kier alpha value is -1.81. The SMILES string of the molecule is CCCO[C@@H](C)CNC(=O)c1c[nH]c2ccccc12. The van der Waals surface area contributed by atoms with Crippen LogP contribution < -0.4 is 5.32 Å². The van der Waals surface area contributed by atoms with E-state index in [1.807, 2.05) is 31.2 Å². The Bertz CT molecular complexity index is 548. The lowest BCUT2D eigenvalue weighted by Crippen LogP contribution is -2.32. The van der Waals surface area contributed by atoms with Crippen molar-refractivity contribution in [2.75, 3.05) is 13.2 Å². The zero-order valence-corrected chi connectivity index (χ0v) is 11.4. The average molecular weight is 260 g/mol. The minimum atomic E-state index is -0.0654. The number of hydrogen-bond acceptors (Lipinski definition) is 2. The molecule has 0 unspecified atom stereocenters. The normalized spacial score (nSPS) is 12.5. The zero-order valence-electron chi connectivity index (χ0n) is 11.4. The molecule has 0 radical (unpaired) electrons. The quantitative estimate of drug-likeness (QED) is 0.839. The summed E-state index contributed by atoms with van der Waals surface area (Å²) in [7, 11) is 0. The fraction of sp³-hybridized carbons (Fsp3) is 0.400. The number of benzene rings is 1. The van der Waals surface area contributed by atoms with Gasteiger partial charge >= 0.3 is 0 Å². The summed E-state index contributed by atoms with van der Waals surface area (Å²) in [6, 6.07) is 7.78. The van der Waals surface area contributed by atoms with Gasteiger partial charge in [0.1, 0.15) is 0 Å². The van der Waals surface area contributed by atoms with Gasteiger partial charge in [-0.05, 0) is 19.4 Å². The second kappa shape index (κ2) is 6.38. The molecule has 1 amide bonds. The maximum absolute atomic E-state index is 12.1. The van der Waals surface area contributed by atoms with Crippen molar-refractivity contribution in [1.29, 1.82) is 0 Å². The third-order valence-electron chi connectivity index (χ3n) is 2.99. The Morgan fingerprint density at radius 2 is 2.21 bits per heavy atom. The van der Waals surface area contributed by atoms with Crippen molar-refractivity contribution in [3.8, 4) is 0 Å². The Kier molecular flexibility index (Phi) is 4.58. The van der Waals surface area contributed by atoms with Gasteiger partial charge in [-0.25, -0.2) is 0 Å². The smallest absolute Gasteiger partial charge is 0.253 e. The average Bonchev–Trinajstić information content (AvgIpc) is 2.86. The molecule has 0 spiro atoms. The van der Waals surface area contributed by atoms with E-state index in [1.54, 1.807) is 6.20 Å². The van der Waals surface area contributed by atoms with Crippen LogP contribution in [0.2, 0.25) is 0 Å². The number of ether oxygens (including phenoxy) is 1. The lowest BCUT2D eigenvalue weighted by Gasteiger charge is -2.13. The number of rotatable bonds is 6. The maximum atomic E-state index is 12.1. The molecule has 1 aromatic carbocycles. The lowest BCUT2D eigenvalue weighted by molar-refractivity contribution is 0.0622. The molecule has 0 fully saturated rings. The molecule has 0 saturated heterocycles. The highest BCUT2D eigenvalue weighted by Crippen LogP contribution is 2.17. The van der Waals surface area contributed by atoms with Crippen LogP contribution in [0.3, 0.4) is 0 Å². The van der Waals surface area contributed by atoms with Crippen LogP contribution in [0.25, 0.3) is 10.9 Å². The highest BCUT2D eigenvalue weighted by atomic mass is 16.5. The molecule has 0 saturated carbocycles. The van der Waals surface area contributed by atoms with Crippen molar-refractivity contribution in [2.45, 2.75) is 26.4 Å². The summed E-state index contributed by atoms with van der Waals surface area (Å²) in [6.07, 6.45) is 2.77. The minimum absolute atomic E-state index is 0.0362. The van der Waals surface area contributed by atoms with Crippen LogP contribution in [0.4, 0.5) is 0 Å². The number of nitrogens with one attached hydrogen (secondary N) is 2. The summed E-state index contributed by atoms with van der Waals surface area (Å²) in [4.78, 5) is 15.2. The van der Waals surface area contributed by atoms with Gasteiger partial charge in [0.15, 0.2) is 0 Å². The van der Waals surface area contributed by atoms with E-state index in [2.05, 4.69) is 17.2 Å². The van der Waals surface area contributed by atoms with Gasteiger partial charge < -0.3 is 15.0 Å². The first-order chi connectivity index (χ1) is 9.22. The van der Waals surface area contributed by atoms with E-state index < -0.39 is 0 Å². The topological polar surface area (TPSA) is 54.1 Å². The number of fused-ring (bicyclic) bond motifs is 1. The van der Waals surface area contributed by atoms with Crippen LogP contribution in [-0.2, 0) is 4.74 Å². The zero-order chi connectivity index (χ0) is 13.7. The highest BCUT2D eigenvalue weighted by molar-refractivity contribution is 6.06. The highest BCUT2D eigenvalue weighted by Gasteiger charge is 2.12. The van der Waals surface area contributed by atoms with E-state index in [4.69, 9.17) is 4.74 Å². The largest absolute Gasteiger partial charge is 0.377 e. The fourth-order valence-corrected chi connectivity index (χ4v) is 1.97. The number of carbonyl (C=O) groups is 1. The summed E-state index contributed by atoms with van der Waals surface area (Å²) in [5.41, 5.74) is 1.65. The van der Waals surface area contributed by atoms with Gasteiger partial charge in [0.05, 0.1) is 11.7 Å². The number of H-pyrrole nitrogens is 1. The number of aromatic amines is 1. The van der Waals surface area contributed by atoms with Crippen LogP contribution in [0.15, 0.2) is 30.5 Å². The number of carbonyl (C=O) groups excluding carboxylic acids is 1. The lowest BCUT2D eigenvalue weighted by atomic mass is 10.1. The predicted molar refractivity (Wildman–Crippen MR) is 76.3 cm³/mol. The molecule has 102 valence electrons. The van der Waals surface area contributed by atoms with Gasteiger partial charge in [0.2, 0.25) is 0 Å². The van der Waals surface area contributed by atoms with E-state index in [0.717, 1.165) is 23.9 Å². The first kappa shape index (κ1) is 13.6. The third kappa shape index (κ3) is 3.35. The summed E-state index contributed by atoms with van der Waals surface area (Å²) in [5, 5.41) is 3.85. The van der Waals surface area contributed by atoms with Gasteiger partial charge in [0, 0.05) is 30.3 Å². The Morgan fingerprint density at radius 3 is 3.00 bits per heavy atom. The van der Waals surface area contributed by atoms with Crippen LogP contribution in [0.5, 0.6) is 0 Å². The Morgan fingerprint density at radius 1 is 1.42 bits per heavy atom. The summed E-state index contributed by atoms with van der Waals surface area (Å²) in [6.45, 7) is 5.28. The van der Waals surface area contributed by atoms with E-state index in [1.165, 1.54) is 0 Å². The van der Waals surface area contributed by atoms with Gasteiger partial charge in [0.25, 0.3) is 5.91 Å². The van der Waals surface area contributed by atoms with E-state index >= 15 is 0 Å². The van der Waals surface area contributed by atoms with Crippen LogP contribution in [0.1, 0.15) is 30.6 Å². The van der Waals surface area contributed by atoms with Gasteiger partial charge in [-0.2, -0.15) is 0 Å². The van der Waals surface area contributed by atoms with E-state index in [9.17, 15) is 4.79 Å². The molecule has 2 aromatic rings. The molecular weight excluding hydrogens is 240 g/mol.